The summed E-state index contributed by atoms with van der Waals surface area (Å²) in [6.45, 7) is 2.90. The van der Waals surface area contributed by atoms with E-state index in [1.165, 1.54) is 13.8 Å². The second kappa shape index (κ2) is 7.63. The molecule has 0 aliphatic rings. The fourth-order valence-electron chi connectivity index (χ4n) is 1.83. The number of carboxylic acid groups (broad SMARTS) is 1. The largest absolute Gasteiger partial charge is 0.478 e. The molecule has 0 aromatic heterocycles. The van der Waals surface area contributed by atoms with Gasteiger partial charge in [-0.2, -0.15) is 0 Å². The lowest BCUT2D eigenvalue weighted by Gasteiger charge is -2.21. The first-order chi connectivity index (χ1) is 11.7. The maximum atomic E-state index is 12.0. The molecule has 0 radical (unpaired) electrons. The Morgan fingerprint density at radius 2 is 1.68 bits per heavy atom. The van der Waals surface area contributed by atoms with Gasteiger partial charge in [0.05, 0.1) is 15.7 Å². The molecule has 0 bridgehead atoms. The van der Waals surface area contributed by atoms with Crippen LogP contribution in [0.1, 0.15) is 13.8 Å². The third-order valence-electron chi connectivity index (χ3n) is 3.20. The monoisotopic (exact) mass is 382 g/mol. The molecule has 0 saturated carbocycles. The number of carbonyl (C=O) groups is 2. The Morgan fingerprint density at radius 3 is 2.28 bits per heavy atom. The lowest BCUT2D eigenvalue weighted by Crippen LogP contribution is -2.37. The highest BCUT2D eigenvalue weighted by atomic mass is 35.5. The minimum absolute atomic E-state index is 0.249. The molecule has 0 atom stereocenters. The number of nitrogens with one attached hydrogen (secondary N) is 2. The van der Waals surface area contributed by atoms with E-state index in [0.717, 1.165) is 0 Å². The Morgan fingerprint density at radius 1 is 1.04 bits per heavy atom. The Balaban J connectivity index is 2.00. The molecular formula is C17H16Cl2N2O4. The summed E-state index contributed by atoms with van der Waals surface area (Å²) in [7, 11) is 0. The van der Waals surface area contributed by atoms with Crippen molar-refractivity contribution in [3.05, 3.63) is 52.5 Å². The lowest BCUT2D eigenvalue weighted by atomic mass is 10.1. The zero-order valence-electron chi connectivity index (χ0n) is 13.5. The minimum atomic E-state index is -1.35. The van der Waals surface area contributed by atoms with Crippen molar-refractivity contribution in [3.63, 3.8) is 0 Å². The summed E-state index contributed by atoms with van der Waals surface area (Å²) in [4.78, 5) is 23.1. The molecule has 2 amide bonds. The molecule has 0 spiro atoms. The van der Waals surface area contributed by atoms with Crippen molar-refractivity contribution >= 4 is 46.6 Å². The van der Waals surface area contributed by atoms with Gasteiger partial charge in [0, 0.05) is 5.69 Å². The Bertz CT molecular complexity index is 792. The topological polar surface area (TPSA) is 87.7 Å². The average Bonchev–Trinajstić information content (AvgIpc) is 2.53. The van der Waals surface area contributed by atoms with Gasteiger partial charge in [-0.25, -0.2) is 9.59 Å². The van der Waals surface area contributed by atoms with E-state index < -0.39 is 17.6 Å². The van der Waals surface area contributed by atoms with Crippen LogP contribution in [0.25, 0.3) is 0 Å². The maximum Gasteiger partial charge on any atom is 0.347 e. The van der Waals surface area contributed by atoms with Crippen LogP contribution in [0.5, 0.6) is 5.75 Å². The summed E-state index contributed by atoms with van der Waals surface area (Å²) in [6.07, 6.45) is 0. The van der Waals surface area contributed by atoms with Gasteiger partial charge < -0.3 is 20.5 Å². The Labute approximate surface area is 154 Å². The lowest BCUT2D eigenvalue weighted by molar-refractivity contribution is -0.152. The van der Waals surface area contributed by atoms with Crippen molar-refractivity contribution < 1.29 is 19.4 Å². The third-order valence-corrected chi connectivity index (χ3v) is 4.02. The molecule has 0 saturated heterocycles. The number of amides is 2. The van der Waals surface area contributed by atoms with Crippen LogP contribution in [0.15, 0.2) is 42.5 Å². The molecular weight excluding hydrogens is 367 g/mol. The molecule has 0 unspecified atom stereocenters. The zero-order valence-corrected chi connectivity index (χ0v) is 15.0. The molecule has 132 valence electrons. The average molecular weight is 383 g/mol. The van der Waals surface area contributed by atoms with Crippen LogP contribution in [0.4, 0.5) is 16.2 Å². The van der Waals surface area contributed by atoms with Crippen molar-refractivity contribution in [2.45, 2.75) is 19.4 Å². The molecule has 0 aliphatic heterocycles. The van der Waals surface area contributed by atoms with Crippen LogP contribution in [-0.4, -0.2) is 22.7 Å². The number of aliphatic carboxylic acids is 1. The van der Waals surface area contributed by atoms with E-state index >= 15 is 0 Å². The smallest absolute Gasteiger partial charge is 0.347 e. The van der Waals surface area contributed by atoms with E-state index in [4.69, 9.17) is 33.0 Å². The van der Waals surface area contributed by atoms with Crippen LogP contribution in [0, 0.1) is 0 Å². The molecule has 0 heterocycles. The second-order valence-corrected chi connectivity index (χ2v) is 6.41. The predicted molar refractivity (Wildman–Crippen MR) is 97.9 cm³/mol. The number of ether oxygens (including phenoxy) is 1. The second-order valence-electron chi connectivity index (χ2n) is 5.62. The summed E-state index contributed by atoms with van der Waals surface area (Å²) in [5.41, 5.74) is -0.471. The number of urea groups is 1. The van der Waals surface area contributed by atoms with E-state index in [1.54, 1.807) is 42.5 Å². The van der Waals surface area contributed by atoms with Crippen molar-refractivity contribution in [2.75, 3.05) is 10.6 Å². The van der Waals surface area contributed by atoms with E-state index in [2.05, 4.69) is 10.6 Å². The number of benzene rings is 2. The van der Waals surface area contributed by atoms with Gasteiger partial charge in [0.1, 0.15) is 5.75 Å². The summed E-state index contributed by atoms with van der Waals surface area (Å²) < 4.78 is 5.39. The first-order valence-corrected chi connectivity index (χ1v) is 7.99. The molecule has 2 aromatic carbocycles. The number of anilines is 2. The van der Waals surface area contributed by atoms with Crippen LogP contribution in [0.2, 0.25) is 10.0 Å². The molecule has 6 nitrogen and oxygen atoms in total. The minimum Gasteiger partial charge on any atom is -0.478 e. The fraction of sp³-hybridized carbons (Fsp3) is 0.176. The third kappa shape index (κ3) is 5.01. The Kier molecular flexibility index (Phi) is 5.77. The van der Waals surface area contributed by atoms with Gasteiger partial charge >= 0.3 is 12.0 Å². The molecule has 25 heavy (non-hydrogen) atoms. The summed E-state index contributed by atoms with van der Waals surface area (Å²) >= 11 is 11.9. The van der Waals surface area contributed by atoms with E-state index in [0.29, 0.717) is 22.1 Å². The highest BCUT2D eigenvalue weighted by molar-refractivity contribution is 6.44. The number of carboxylic acids is 1. The highest BCUT2D eigenvalue weighted by Gasteiger charge is 2.29. The van der Waals surface area contributed by atoms with Gasteiger partial charge in [-0.15, -0.1) is 0 Å². The van der Waals surface area contributed by atoms with Crippen molar-refractivity contribution in [3.8, 4) is 5.75 Å². The van der Waals surface area contributed by atoms with Crippen molar-refractivity contribution in [2.24, 2.45) is 0 Å². The Hall–Kier alpha value is -2.44. The summed E-state index contributed by atoms with van der Waals surface area (Å²) in [6, 6.07) is 10.7. The molecule has 2 aromatic rings. The molecule has 2 rings (SSSR count). The van der Waals surface area contributed by atoms with Gasteiger partial charge in [-0.3, -0.25) is 0 Å². The van der Waals surface area contributed by atoms with Crippen molar-refractivity contribution in [1.29, 1.82) is 0 Å². The van der Waals surface area contributed by atoms with Gasteiger partial charge in [-0.05, 0) is 50.2 Å². The molecule has 8 heteroatoms. The van der Waals surface area contributed by atoms with Gasteiger partial charge in [0.15, 0.2) is 5.60 Å². The first kappa shape index (κ1) is 18.9. The van der Waals surface area contributed by atoms with Crippen LogP contribution >= 0.6 is 23.2 Å². The number of carbonyl (C=O) groups excluding carboxylic acids is 1. The number of hydrogen-bond donors (Lipinski definition) is 3. The van der Waals surface area contributed by atoms with E-state index in [-0.39, 0.29) is 5.02 Å². The van der Waals surface area contributed by atoms with Gasteiger partial charge in [-0.1, -0.05) is 29.3 Å². The normalized spacial score (nSPS) is 10.9. The SMILES string of the molecule is CC(C)(Oc1ccc(NC(=O)Nc2cccc(Cl)c2Cl)cc1)C(=O)O. The molecule has 0 fully saturated rings. The maximum absolute atomic E-state index is 12.0. The summed E-state index contributed by atoms with van der Waals surface area (Å²) in [5.74, 6) is -0.705. The standard InChI is InChI=1S/C17H16Cl2N2O4/c1-17(2,15(22)23)25-11-8-6-10(7-9-11)20-16(24)21-13-5-3-4-12(18)14(13)19/h3-9H,1-2H3,(H,22,23)(H2,20,21,24). The van der Waals surface area contributed by atoms with Crippen LogP contribution in [0.3, 0.4) is 0 Å². The van der Waals surface area contributed by atoms with Gasteiger partial charge in [0.25, 0.3) is 0 Å². The zero-order chi connectivity index (χ0) is 18.6. The molecule has 0 aliphatic carbocycles. The van der Waals surface area contributed by atoms with Crippen molar-refractivity contribution in [1.82, 2.24) is 0 Å². The predicted octanol–water partition coefficient (Wildman–Crippen LogP) is 4.88. The summed E-state index contributed by atoms with van der Waals surface area (Å²) in [5, 5.41) is 14.9. The number of hydrogen-bond acceptors (Lipinski definition) is 3. The van der Waals surface area contributed by atoms with Crippen LogP contribution in [-0.2, 0) is 4.79 Å². The fourth-order valence-corrected chi connectivity index (χ4v) is 2.18. The number of rotatable bonds is 5. The first-order valence-electron chi connectivity index (χ1n) is 7.23. The molecule has 3 N–H and O–H groups in total. The highest BCUT2D eigenvalue weighted by Crippen LogP contribution is 2.29. The quantitative estimate of drug-likeness (QED) is 0.687. The number of halogens is 2. The van der Waals surface area contributed by atoms with Gasteiger partial charge in [0.2, 0.25) is 0 Å². The van der Waals surface area contributed by atoms with Crippen LogP contribution < -0.4 is 15.4 Å². The van der Waals surface area contributed by atoms with E-state index in [9.17, 15) is 9.59 Å². The van der Waals surface area contributed by atoms with E-state index in [1.807, 2.05) is 0 Å².